The van der Waals surface area contributed by atoms with E-state index >= 15 is 0 Å². The minimum absolute atomic E-state index is 0.120. The highest BCUT2D eigenvalue weighted by Crippen LogP contribution is 2.31. The fourth-order valence-electron chi connectivity index (χ4n) is 2.88. The zero-order valence-electron chi connectivity index (χ0n) is 16.3. The molecule has 3 aromatic heterocycles. The molecule has 0 saturated carbocycles. The van der Waals surface area contributed by atoms with Crippen LogP contribution >= 0.6 is 0 Å². The van der Waals surface area contributed by atoms with Crippen molar-refractivity contribution >= 4 is 28.6 Å². The normalized spacial score (nSPS) is 11.4. The van der Waals surface area contributed by atoms with Crippen molar-refractivity contribution in [2.24, 2.45) is 7.05 Å². The quantitative estimate of drug-likeness (QED) is 0.433. The number of hydrogen-bond donors (Lipinski definition) is 2. The number of ether oxygens (including phenoxy) is 1. The maximum absolute atomic E-state index is 14.5. The lowest BCUT2D eigenvalue weighted by atomic mass is 10.2. The molecule has 8 nitrogen and oxygen atoms in total. The average Bonchev–Trinajstić information content (AvgIpc) is 3.11. The van der Waals surface area contributed by atoms with Crippen LogP contribution in [0.1, 0.15) is 5.56 Å². The predicted molar refractivity (Wildman–Crippen MR) is 107 cm³/mol. The van der Waals surface area contributed by atoms with E-state index in [1.807, 2.05) is 0 Å². The van der Waals surface area contributed by atoms with Crippen molar-refractivity contribution in [3.63, 3.8) is 0 Å². The third-order valence-corrected chi connectivity index (χ3v) is 4.36. The van der Waals surface area contributed by atoms with E-state index < -0.39 is 23.6 Å². The van der Waals surface area contributed by atoms with E-state index in [2.05, 4.69) is 25.6 Å². The van der Waals surface area contributed by atoms with Gasteiger partial charge in [-0.15, -0.1) is 0 Å². The molecule has 0 saturated heterocycles. The molecule has 0 bridgehead atoms. The van der Waals surface area contributed by atoms with E-state index in [9.17, 15) is 22.4 Å². The number of benzene rings is 1. The molecule has 164 valence electrons. The number of aryl methyl sites for hydroxylation is 1. The predicted octanol–water partition coefficient (Wildman–Crippen LogP) is 4.96. The summed E-state index contributed by atoms with van der Waals surface area (Å²) in [6.07, 6.45) is -0.595. The fourth-order valence-corrected chi connectivity index (χ4v) is 2.88. The first-order valence-corrected chi connectivity index (χ1v) is 9.05. The zero-order valence-corrected chi connectivity index (χ0v) is 16.3. The molecule has 2 amide bonds. The summed E-state index contributed by atoms with van der Waals surface area (Å²) in [7, 11) is 1.78. The first-order valence-electron chi connectivity index (χ1n) is 9.05. The Labute approximate surface area is 177 Å². The van der Waals surface area contributed by atoms with Crippen LogP contribution < -0.4 is 15.4 Å². The molecule has 32 heavy (non-hydrogen) atoms. The molecule has 0 fully saturated rings. The van der Waals surface area contributed by atoms with Crippen LogP contribution in [0.4, 0.5) is 33.9 Å². The number of anilines is 2. The number of rotatable bonds is 4. The van der Waals surface area contributed by atoms with E-state index in [1.54, 1.807) is 23.9 Å². The van der Waals surface area contributed by atoms with Crippen molar-refractivity contribution in [1.82, 2.24) is 19.5 Å². The number of alkyl halides is 3. The Balaban J connectivity index is 1.47. The molecule has 3 heterocycles. The molecule has 12 heteroatoms. The first-order chi connectivity index (χ1) is 15.2. The van der Waals surface area contributed by atoms with Crippen molar-refractivity contribution in [3.05, 3.63) is 66.5 Å². The fraction of sp³-hybridized carbons (Fsp3) is 0.100. The molecule has 4 rings (SSSR count). The summed E-state index contributed by atoms with van der Waals surface area (Å²) in [4.78, 5) is 23.9. The highest BCUT2D eigenvalue weighted by Gasteiger charge is 2.30. The molecular formula is C20H14F4N6O2. The van der Waals surface area contributed by atoms with Crippen molar-refractivity contribution in [2.75, 3.05) is 10.6 Å². The van der Waals surface area contributed by atoms with Crippen molar-refractivity contribution in [1.29, 1.82) is 0 Å². The van der Waals surface area contributed by atoms with E-state index in [1.165, 1.54) is 18.5 Å². The maximum Gasteiger partial charge on any atom is 0.416 e. The summed E-state index contributed by atoms with van der Waals surface area (Å²) in [6.45, 7) is 0. The van der Waals surface area contributed by atoms with Gasteiger partial charge in [-0.05, 0) is 30.3 Å². The molecule has 0 spiro atoms. The molecule has 0 aliphatic heterocycles. The van der Waals surface area contributed by atoms with E-state index in [-0.39, 0.29) is 23.1 Å². The largest absolute Gasteiger partial charge is 0.437 e. The van der Waals surface area contributed by atoms with Crippen molar-refractivity contribution in [3.8, 4) is 11.6 Å². The van der Waals surface area contributed by atoms with Gasteiger partial charge in [0, 0.05) is 25.5 Å². The molecule has 1 aromatic carbocycles. The second-order valence-corrected chi connectivity index (χ2v) is 6.59. The van der Waals surface area contributed by atoms with Gasteiger partial charge < -0.3 is 14.6 Å². The maximum atomic E-state index is 14.5. The Morgan fingerprint density at radius 2 is 1.88 bits per heavy atom. The van der Waals surface area contributed by atoms with Crippen LogP contribution in [0.15, 0.2) is 55.1 Å². The van der Waals surface area contributed by atoms with Gasteiger partial charge in [0.1, 0.15) is 29.2 Å². The lowest BCUT2D eigenvalue weighted by molar-refractivity contribution is -0.137. The van der Waals surface area contributed by atoms with Gasteiger partial charge in [-0.3, -0.25) is 5.32 Å². The van der Waals surface area contributed by atoms with E-state index in [0.29, 0.717) is 17.1 Å². The summed E-state index contributed by atoms with van der Waals surface area (Å²) in [5.74, 6) is -0.829. The van der Waals surface area contributed by atoms with Crippen molar-refractivity contribution < 1.29 is 27.1 Å². The smallest absolute Gasteiger partial charge is 0.416 e. The third-order valence-electron chi connectivity index (χ3n) is 4.36. The summed E-state index contributed by atoms with van der Waals surface area (Å²) < 4.78 is 60.2. The Morgan fingerprint density at radius 3 is 2.62 bits per heavy atom. The molecular weight excluding hydrogens is 432 g/mol. The Kier molecular flexibility index (Phi) is 5.34. The van der Waals surface area contributed by atoms with Crippen molar-refractivity contribution in [2.45, 2.75) is 6.18 Å². The van der Waals surface area contributed by atoms with E-state index in [0.717, 1.165) is 18.3 Å². The van der Waals surface area contributed by atoms with Crippen LogP contribution in [-0.2, 0) is 13.2 Å². The van der Waals surface area contributed by atoms with Gasteiger partial charge in [-0.1, -0.05) is 0 Å². The number of pyridine rings is 1. The number of fused-ring (bicyclic) bond motifs is 1. The first kappa shape index (κ1) is 21.0. The van der Waals surface area contributed by atoms with Crippen LogP contribution in [0.5, 0.6) is 11.6 Å². The van der Waals surface area contributed by atoms with E-state index in [4.69, 9.17) is 4.74 Å². The average molecular weight is 446 g/mol. The third kappa shape index (κ3) is 4.43. The van der Waals surface area contributed by atoms with Crippen LogP contribution in [-0.4, -0.2) is 25.6 Å². The molecule has 0 radical (unpaired) electrons. The summed E-state index contributed by atoms with van der Waals surface area (Å²) in [6, 6.07) is 5.92. The molecule has 0 atom stereocenters. The van der Waals surface area contributed by atoms with Crippen LogP contribution in [0.2, 0.25) is 0 Å². The minimum Gasteiger partial charge on any atom is -0.437 e. The van der Waals surface area contributed by atoms with Crippen LogP contribution in [0, 0.1) is 5.82 Å². The minimum atomic E-state index is -4.59. The molecule has 4 aromatic rings. The van der Waals surface area contributed by atoms with Gasteiger partial charge in [-0.25, -0.2) is 19.2 Å². The standard InChI is InChI=1S/C20H14F4N6O2/c1-30-7-5-15-17(30)18(27-10-26-15)32-12-2-3-14(13(21)9-12)28-19(31)29-16-8-11(4-6-25-16)20(22,23)24/h2-10H,1H3,(H2,25,28,29,31). The lowest BCUT2D eigenvalue weighted by Gasteiger charge is -2.11. The number of amides is 2. The van der Waals surface area contributed by atoms with Gasteiger partial charge in [0.15, 0.2) is 0 Å². The zero-order chi connectivity index (χ0) is 22.9. The number of carbonyl (C=O) groups excluding carboxylic acids is 1. The number of carbonyl (C=O) groups is 1. The second kappa shape index (κ2) is 8.13. The highest BCUT2D eigenvalue weighted by atomic mass is 19.4. The number of nitrogens with zero attached hydrogens (tertiary/aromatic N) is 4. The summed E-state index contributed by atoms with van der Waals surface area (Å²) in [5.41, 5.74) is 0.0697. The van der Waals surface area contributed by atoms with Gasteiger partial charge >= 0.3 is 12.2 Å². The molecule has 0 unspecified atom stereocenters. The number of aromatic nitrogens is 4. The number of urea groups is 1. The Morgan fingerprint density at radius 1 is 1.06 bits per heavy atom. The Hall–Kier alpha value is -4.22. The molecule has 0 aliphatic rings. The molecule has 0 aliphatic carbocycles. The summed E-state index contributed by atoms with van der Waals surface area (Å²) >= 11 is 0. The number of halogens is 4. The molecule has 2 N–H and O–H groups in total. The van der Waals surface area contributed by atoms with Gasteiger partial charge in [-0.2, -0.15) is 18.2 Å². The highest BCUT2D eigenvalue weighted by molar-refractivity contribution is 5.99. The summed E-state index contributed by atoms with van der Waals surface area (Å²) in [5, 5.41) is 4.34. The number of hydrogen-bond acceptors (Lipinski definition) is 5. The Bertz CT molecular complexity index is 1300. The lowest BCUT2D eigenvalue weighted by Crippen LogP contribution is -2.21. The van der Waals surface area contributed by atoms with Gasteiger partial charge in [0.25, 0.3) is 0 Å². The second-order valence-electron chi connectivity index (χ2n) is 6.59. The topological polar surface area (TPSA) is 94.0 Å². The monoisotopic (exact) mass is 446 g/mol. The van der Waals surface area contributed by atoms with Crippen LogP contribution in [0.25, 0.3) is 11.0 Å². The van der Waals surface area contributed by atoms with Crippen LogP contribution in [0.3, 0.4) is 0 Å². The van der Waals surface area contributed by atoms with Gasteiger partial charge in [0.2, 0.25) is 5.88 Å². The SMILES string of the molecule is Cn1ccc2ncnc(Oc3ccc(NC(=O)Nc4cc(C(F)(F)F)ccn4)c(F)c3)c21. The number of nitrogens with one attached hydrogen (secondary N) is 2. The van der Waals surface area contributed by atoms with Gasteiger partial charge in [0.05, 0.1) is 16.8 Å².